The molecule has 0 spiro atoms. The van der Waals surface area contributed by atoms with Gasteiger partial charge in [0, 0.05) is 11.3 Å². The molecule has 2 heterocycles. The molecule has 2 aromatic rings. The van der Waals surface area contributed by atoms with Gasteiger partial charge in [-0.1, -0.05) is 53.8 Å². The number of amides is 1. The van der Waals surface area contributed by atoms with Crippen LogP contribution in [0, 0.1) is 0 Å². The van der Waals surface area contributed by atoms with Crippen molar-refractivity contribution in [1.82, 2.24) is 5.01 Å². The predicted octanol–water partition coefficient (Wildman–Crippen LogP) is 2.93. The Hall–Kier alpha value is -2.69. The van der Waals surface area contributed by atoms with Gasteiger partial charge in [0.25, 0.3) is 5.91 Å². The Balaban J connectivity index is 1.60. The number of anilines is 1. The van der Waals surface area contributed by atoms with Gasteiger partial charge < -0.3 is 5.32 Å². The van der Waals surface area contributed by atoms with Crippen LogP contribution >= 0.6 is 0 Å². The molecule has 0 bridgehead atoms. The fourth-order valence-electron chi connectivity index (χ4n) is 2.83. The van der Waals surface area contributed by atoms with Crippen molar-refractivity contribution in [1.29, 1.82) is 0 Å². The van der Waals surface area contributed by atoms with E-state index in [-0.39, 0.29) is 18.0 Å². The Kier molecular flexibility index (Phi) is 2.70. The lowest BCUT2D eigenvalue weighted by Crippen LogP contribution is -2.43. The first-order valence-electron chi connectivity index (χ1n) is 6.94. The normalized spacial score (nSPS) is 22.7. The highest BCUT2D eigenvalue weighted by molar-refractivity contribution is 5.89. The number of rotatable bonds is 2. The van der Waals surface area contributed by atoms with Crippen LogP contribution < -0.4 is 5.32 Å². The van der Waals surface area contributed by atoms with Gasteiger partial charge in [-0.3, -0.25) is 4.79 Å². The lowest BCUT2D eigenvalue weighted by Gasteiger charge is -2.26. The average molecular weight is 278 g/mol. The van der Waals surface area contributed by atoms with E-state index in [1.54, 1.807) is 0 Å². The summed E-state index contributed by atoms with van der Waals surface area (Å²) >= 11 is 0. The predicted molar refractivity (Wildman–Crippen MR) is 78.4 cm³/mol. The van der Waals surface area contributed by atoms with Gasteiger partial charge in [0.1, 0.15) is 12.1 Å². The third-order valence-electron chi connectivity index (χ3n) is 3.89. The Morgan fingerprint density at radius 3 is 2.67 bits per heavy atom. The van der Waals surface area contributed by atoms with Gasteiger partial charge in [-0.15, -0.1) is 0 Å². The quantitative estimate of drug-likeness (QED) is 0.918. The number of carbonyl (C=O) groups excluding carboxylic acids is 1. The maximum atomic E-state index is 12.6. The molecule has 5 nitrogen and oxygen atoms in total. The second-order valence-electron chi connectivity index (χ2n) is 5.24. The number of para-hydroxylation sites is 1. The molecule has 2 aromatic carbocycles. The summed E-state index contributed by atoms with van der Waals surface area (Å²) < 4.78 is 0. The lowest BCUT2D eigenvalue weighted by molar-refractivity contribution is -0.135. The molecule has 0 radical (unpaired) electrons. The Bertz CT molecular complexity index is 713. The number of carbonyl (C=O) groups is 1. The minimum Gasteiger partial charge on any atom is -0.371 e. The Labute approximate surface area is 122 Å². The van der Waals surface area contributed by atoms with Crippen LogP contribution in [0.25, 0.3) is 0 Å². The van der Waals surface area contributed by atoms with Gasteiger partial charge in [0.2, 0.25) is 0 Å². The molecule has 0 saturated heterocycles. The zero-order valence-corrected chi connectivity index (χ0v) is 11.3. The highest BCUT2D eigenvalue weighted by atomic mass is 16.2. The zero-order valence-electron chi connectivity index (χ0n) is 11.3. The molecule has 0 fully saturated rings. The van der Waals surface area contributed by atoms with Crippen LogP contribution in [0.15, 0.2) is 64.9 Å². The first kappa shape index (κ1) is 12.1. The fraction of sp³-hybridized carbons (Fsp3) is 0.188. The zero-order chi connectivity index (χ0) is 14.2. The van der Waals surface area contributed by atoms with E-state index < -0.39 is 0 Å². The molecule has 2 aliphatic heterocycles. The molecule has 2 unspecified atom stereocenters. The molecular formula is C16H14N4O. The van der Waals surface area contributed by atoms with Crippen LogP contribution in [0.5, 0.6) is 0 Å². The van der Waals surface area contributed by atoms with Gasteiger partial charge in [-0.2, -0.15) is 5.11 Å². The molecule has 0 aromatic heterocycles. The standard InChI is InChI=1S/C16H14N4O/c21-16-15-14(12-8-4-5-9-13(12)17-15)18-19-20(16)10-11-6-2-1-3-7-11/h1-9,14-15,17H,10H2. The molecule has 104 valence electrons. The second-order valence-corrected chi connectivity index (χ2v) is 5.24. The van der Waals surface area contributed by atoms with Gasteiger partial charge in [0.15, 0.2) is 0 Å². The Morgan fingerprint density at radius 2 is 1.81 bits per heavy atom. The van der Waals surface area contributed by atoms with E-state index in [4.69, 9.17) is 0 Å². The summed E-state index contributed by atoms with van der Waals surface area (Å²) in [6.07, 6.45) is 0. The van der Waals surface area contributed by atoms with E-state index >= 15 is 0 Å². The van der Waals surface area contributed by atoms with Crippen molar-refractivity contribution in [2.45, 2.75) is 18.6 Å². The molecule has 2 aliphatic rings. The molecule has 5 heteroatoms. The van der Waals surface area contributed by atoms with E-state index in [2.05, 4.69) is 15.7 Å². The summed E-state index contributed by atoms with van der Waals surface area (Å²) in [6, 6.07) is 17.1. The van der Waals surface area contributed by atoms with Crippen molar-refractivity contribution in [2.24, 2.45) is 10.3 Å². The van der Waals surface area contributed by atoms with Crippen molar-refractivity contribution in [3.05, 3.63) is 65.7 Å². The maximum absolute atomic E-state index is 12.6. The molecular weight excluding hydrogens is 264 g/mol. The van der Waals surface area contributed by atoms with Crippen LogP contribution in [-0.2, 0) is 11.3 Å². The number of nitrogens with one attached hydrogen (secondary N) is 1. The molecule has 21 heavy (non-hydrogen) atoms. The van der Waals surface area contributed by atoms with Gasteiger partial charge in [0.05, 0.1) is 6.54 Å². The van der Waals surface area contributed by atoms with E-state index in [1.165, 1.54) is 5.01 Å². The SMILES string of the molecule is O=C1C2Nc3ccccc3C2N=NN1Cc1ccccc1. The first-order chi connectivity index (χ1) is 10.3. The highest BCUT2D eigenvalue weighted by Crippen LogP contribution is 2.39. The highest BCUT2D eigenvalue weighted by Gasteiger charge is 2.42. The van der Waals surface area contributed by atoms with Crippen molar-refractivity contribution >= 4 is 11.6 Å². The summed E-state index contributed by atoms with van der Waals surface area (Å²) in [6.45, 7) is 0.449. The maximum Gasteiger partial charge on any atom is 0.269 e. The van der Waals surface area contributed by atoms with Gasteiger partial charge in [-0.25, -0.2) is 5.01 Å². The summed E-state index contributed by atoms with van der Waals surface area (Å²) in [5.74, 6) is -0.0324. The van der Waals surface area contributed by atoms with Gasteiger partial charge >= 0.3 is 0 Å². The van der Waals surface area contributed by atoms with E-state index in [0.29, 0.717) is 6.54 Å². The molecule has 1 amide bonds. The Morgan fingerprint density at radius 1 is 1.05 bits per heavy atom. The number of hydrogen-bond donors (Lipinski definition) is 1. The molecule has 2 atom stereocenters. The smallest absolute Gasteiger partial charge is 0.269 e. The monoisotopic (exact) mass is 278 g/mol. The average Bonchev–Trinajstić information content (AvgIpc) is 2.91. The van der Waals surface area contributed by atoms with E-state index in [1.807, 2.05) is 54.6 Å². The number of nitrogens with zero attached hydrogens (tertiary/aromatic N) is 3. The lowest BCUT2D eigenvalue weighted by atomic mass is 10.0. The minimum absolute atomic E-state index is 0.0324. The third-order valence-corrected chi connectivity index (χ3v) is 3.89. The minimum atomic E-state index is -0.344. The number of fused-ring (bicyclic) bond motifs is 3. The first-order valence-corrected chi connectivity index (χ1v) is 6.94. The van der Waals surface area contributed by atoms with Crippen LogP contribution in [0.1, 0.15) is 17.2 Å². The van der Waals surface area contributed by atoms with Crippen LogP contribution in [0.2, 0.25) is 0 Å². The van der Waals surface area contributed by atoms with Crippen molar-refractivity contribution in [2.75, 3.05) is 5.32 Å². The third kappa shape index (κ3) is 1.98. The van der Waals surface area contributed by atoms with Gasteiger partial charge in [-0.05, 0) is 11.6 Å². The number of benzene rings is 2. The molecule has 0 saturated carbocycles. The van der Waals surface area contributed by atoms with Crippen molar-refractivity contribution < 1.29 is 4.79 Å². The largest absolute Gasteiger partial charge is 0.371 e. The summed E-state index contributed by atoms with van der Waals surface area (Å²) in [5.41, 5.74) is 3.05. The van der Waals surface area contributed by atoms with Crippen LogP contribution in [0.3, 0.4) is 0 Å². The fourth-order valence-corrected chi connectivity index (χ4v) is 2.83. The summed E-state index contributed by atoms with van der Waals surface area (Å²) in [5, 5.41) is 13.1. The molecule has 1 N–H and O–H groups in total. The van der Waals surface area contributed by atoms with Crippen LogP contribution in [0.4, 0.5) is 5.69 Å². The molecule has 0 aliphatic carbocycles. The summed E-state index contributed by atoms with van der Waals surface area (Å²) in [4.78, 5) is 12.6. The van der Waals surface area contributed by atoms with E-state index in [9.17, 15) is 4.79 Å². The van der Waals surface area contributed by atoms with E-state index in [0.717, 1.165) is 16.8 Å². The molecule has 4 rings (SSSR count). The van der Waals surface area contributed by atoms with Crippen LogP contribution in [-0.4, -0.2) is 17.0 Å². The summed E-state index contributed by atoms with van der Waals surface area (Å²) in [7, 11) is 0. The van der Waals surface area contributed by atoms with Crippen molar-refractivity contribution in [3.63, 3.8) is 0 Å². The number of hydrogen-bond acceptors (Lipinski definition) is 4. The topological polar surface area (TPSA) is 57.1 Å². The second kappa shape index (κ2) is 4.70. The van der Waals surface area contributed by atoms with Crippen molar-refractivity contribution in [3.8, 4) is 0 Å².